The summed E-state index contributed by atoms with van der Waals surface area (Å²) in [6, 6.07) is 0. The van der Waals surface area contributed by atoms with Crippen molar-refractivity contribution in [2.75, 3.05) is 0 Å². The molecule has 10 atom stereocenters. The molecular weight excluding hydrogens is 352 g/mol. The Morgan fingerprint density at radius 2 is 1.45 bits per heavy atom. The number of aliphatic hydroxyl groups is 1. The van der Waals surface area contributed by atoms with Gasteiger partial charge in [0.1, 0.15) is 0 Å². The van der Waals surface area contributed by atoms with Gasteiger partial charge in [-0.1, -0.05) is 60.8 Å². The van der Waals surface area contributed by atoms with E-state index in [0.29, 0.717) is 16.7 Å². The van der Waals surface area contributed by atoms with Crippen LogP contribution in [0.2, 0.25) is 0 Å². The maximum atomic E-state index is 10.5. The topological polar surface area (TPSA) is 20.2 Å². The van der Waals surface area contributed by atoms with Gasteiger partial charge in [-0.2, -0.15) is 0 Å². The molecule has 0 aromatic heterocycles. The van der Waals surface area contributed by atoms with Crippen LogP contribution in [0, 0.1) is 58.2 Å². The van der Waals surface area contributed by atoms with E-state index < -0.39 is 0 Å². The molecule has 0 unspecified atom stereocenters. The normalized spacial score (nSPS) is 50.7. The molecule has 168 valence electrons. The minimum atomic E-state index is -0.0407. The summed E-state index contributed by atoms with van der Waals surface area (Å²) in [4.78, 5) is 0. The molecule has 4 fully saturated rings. The van der Waals surface area contributed by atoms with Crippen LogP contribution in [0.3, 0.4) is 0 Å². The summed E-state index contributed by atoms with van der Waals surface area (Å²) >= 11 is 0. The molecular formula is C28H50O. The summed E-state index contributed by atoms with van der Waals surface area (Å²) in [7, 11) is 0. The number of hydrogen-bond donors (Lipinski definition) is 1. The molecule has 4 aliphatic carbocycles. The maximum Gasteiger partial charge on any atom is 0.0568 e. The number of aliphatic hydroxyl groups excluding tert-OH is 1. The van der Waals surface area contributed by atoms with Gasteiger partial charge in [-0.25, -0.2) is 0 Å². The van der Waals surface area contributed by atoms with Crippen molar-refractivity contribution in [3.63, 3.8) is 0 Å². The van der Waals surface area contributed by atoms with Crippen molar-refractivity contribution in [1.29, 1.82) is 0 Å². The molecule has 1 heteroatoms. The Labute approximate surface area is 181 Å². The minimum Gasteiger partial charge on any atom is -0.393 e. The molecule has 1 nitrogen and oxygen atoms in total. The van der Waals surface area contributed by atoms with Crippen molar-refractivity contribution in [3.8, 4) is 0 Å². The third kappa shape index (κ3) is 3.64. The van der Waals surface area contributed by atoms with Crippen LogP contribution in [0.15, 0.2) is 0 Å². The van der Waals surface area contributed by atoms with Gasteiger partial charge in [0.25, 0.3) is 0 Å². The fourth-order valence-corrected chi connectivity index (χ4v) is 9.73. The Bertz CT molecular complexity index is 569. The smallest absolute Gasteiger partial charge is 0.0568 e. The van der Waals surface area contributed by atoms with Crippen LogP contribution in [-0.2, 0) is 0 Å². The summed E-state index contributed by atoms with van der Waals surface area (Å²) in [6.45, 7) is 15.0. The van der Waals surface area contributed by atoms with Gasteiger partial charge in [-0.15, -0.1) is 0 Å². The number of hydrogen-bond acceptors (Lipinski definition) is 1. The lowest BCUT2D eigenvalue weighted by Gasteiger charge is -2.62. The van der Waals surface area contributed by atoms with Crippen LogP contribution >= 0.6 is 0 Å². The highest BCUT2D eigenvalue weighted by Gasteiger charge is 2.61. The molecule has 1 N–H and O–H groups in total. The van der Waals surface area contributed by atoms with Crippen molar-refractivity contribution in [2.24, 2.45) is 58.2 Å². The van der Waals surface area contributed by atoms with E-state index in [-0.39, 0.29) is 6.10 Å². The van der Waals surface area contributed by atoms with E-state index in [1.54, 1.807) is 0 Å². The van der Waals surface area contributed by atoms with Gasteiger partial charge in [0.15, 0.2) is 0 Å². The van der Waals surface area contributed by atoms with Crippen molar-refractivity contribution >= 4 is 0 Å². The molecule has 29 heavy (non-hydrogen) atoms. The molecule has 0 spiro atoms. The standard InChI is InChI=1S/C28H50O/c1-18(2)8-7-9-19(3)22-12-13-24-21-10-11-23-20(4)26(29)15-17-28(23,6)25(21)14-16-27(22,24)5/h18-26,29H,7-17H2,1-6H3/t19-,20+,21-,22+,23+,24-,25-,26+,27-,28+/m1/s1. The Kier molecular flexibility index (Phi) is 6.22. The molecule has 0 heterocycles. The van der Waals surface area contributed by atoms with Crippen LogP contribution in [0.4, 0.5) is 0 Å². The van der Waals surface area contributed by atoms with Crippen molar-refractivity contribution < 1.29 is 5.11 Å². The van der Waals surface area contributed by atoms with E-state index in [1.807, 2.05) is 0 Å². The zero-order valence-corrected chi connectivity index (χ0v) is 20.4. The van der Waals surface area contributed by atoms with E-state index in [1.165, 1.54) is 64.2 Å². The summed E-state index contributed by atoms with van der Waals surface area (Å²) in [5.41, 5.74) is 1.12. The molecule has 4 rings (SSSR count). The van der Waals surface area contributed by atoms with Gasteiger partial charge in [-0.05, 0) is 110 Å². The Morgan fingerprint density at radius 3 is 2.17 bits per heavy atom. The van der Waals surface area contributed by atoms with E-state index >= 15 is 0 Å². The van der Waals surface area contributed by atoms with E-state index in [2.05, 4.69) is 41.5 Å². The number of rotatable bonds is 5. The average Bonchev–Trinajstić information content (AvgIpc) is 3.02. The fraction of sp³-hybridized carbons (Fsp3) is 1.00. The number of fused-ring (bicyclic) bond motifs is 5. The summed E-state index contributed by atoms with van der Waals surface area (Å²) in [6.07, 6.45) is 15.4. The molecule has 4 aliphatic rings. The highest BCUT2D eigenvalue weighted by atomic mass is 16.3. The zero-order valence-electron chi connectivity index (χ0n) is 20.4. The highest BCUT2D eigenvalue weighted by Crippen LogP contribution is 2.68. The zero-order chi connectivity index (χ0) is 21.0. The average molecular weight is 403 g/mol. The van der Waals surface area contributed by atoms with Crippen molar-refractivity contribution in [2.45, 2.75) is 118 Å². The predicted molar refractivity (Wildman–Crippen MR) is 124 cm³/mol. The third-order valence-corrected chi connectivity index (χ3v) is 11.4. The molecule has 0 saturated heterocycles. The first kappa shape index (κ1) is 22.2. The second-order valence-electron chi connectivity index (χ2n) is 13.1. The van der Waals surface area contributed by atoms with Crippen LogP contribution in [-0.4, -0.2) is 11.2 Å². The summed E-state index contributed by atoms with van der Waals surface area (Å²) in [5, 5.41) is 10.5. The lowest BCUT2D eigenvalue weighted by molar-refractivity contribution is -0.149. The second-order valence-corrected chi connectivity index (χ2v) is 13.1. The lowest BCUT2D eigenvalue weighted by Crippen LogP contribution is -2.56. The second kappa shape index (κ2) is 8.14. The molecule has 0 radical (unpaired) electrons. The Hall–Kier alpha value is -0.0400. The SMILES string of the molecule is CC(C)CCC[C@@H](C)[C@@H]1CC[C@@H]2[C@H]3CC[C@H]4[C@H](C)[C@@H](O)CC[C@]4(C)[C@@H]3CC[C@@]21C. The molecule has 0 bridgehead atoms. The van der Waals surface area contributed by atoms with Gasteiger partial charge in [0, 0.05) is 0 Å². The molecule has 0 aliphatic heterocycles. The van der Waals surface area contributed by atoms with Gasteiger partial charge in [0.05, 0.1) is 6.10 Å². The largest absolute Gasteiger partial charge is 0.393 e. The summed E-state index contributed by atoms with van der Waals surface area (Å²) < 4.78 is 0. The fourth-order valence-electron chi connectivity index (χ4n) is 9.73. The summed E-state index contributed by atoms with van der Waals surface area (Å²) in [5.74, 6) is 6.92. The van der Waals surface area contributed by atoms with Crippen LogP contribution < -0.4 is 0 Å². The van der Waals surface area contributed by atoms with Crippen molar-refractivity contribution in [3.05, 3.63) is 0 Å². The minimum absolute atomic E-state index is 0.0407. The van der Waals surface area contributed by atoms with Crippen LogP contribution in [0.25, 0.3) is 0 Å². The predicted octanol–water partition coefficient (Wildman–Crippen LogP) is 7.71. The first-order valence-corrected chi connectivity index (χ1v) is 13.4. The first-order valence-electron chi connectivity index (χ1n) is 13.4. The van der Waals surface area contributed by atoms with E-state index in [0.717, 1.165) is 47.8 Å². The van der Waals surface area contributed by atoms with Gasteiger partial charge in [-0.3, -0.25) is 0 Å². The Balaban J connectivity index is 1.48. The van der Waals surface area contributed by atoms with E-state index in [9.17, 15) is 5.11 Å². The molecule has 0 aromatic rings. The van der Waals surface area contributed by atoms with Crippen LogP contribution in [0.1, 0.15) is 112 Å². The van der Waals surface area contributed by atoms with Crippen LogP contribution in [0.5, 0.6) is 0 Å². The lowest BCUT2D eigenvalue weighted by atomic mass is 9.43. The third-order valence-electron chi connectivity index (χ3n) is 11.4. The van der Waals surface area contributed by atoms with Gasteiger partial charge >= 0.3 is 0 Å². The quantitative estimate of drug-likeness (QED) is 0.499. The monoisotopic (exact) mass is 402 g/mol. The molecule has 4 saturated carbocycles. The maximum absolute atomic E-state index is 10.5. The van der Waals surface area contributed by atoms with Crippen molar-refractivity contribution in [1.82, 2.24) is 0 Å². The van der Waals surface area contributed by atoms with E-state index in [4.69, 9.17) is 0 Å². The highest BCUT2D eigenvalue weighted by molar-refractivity contribution is 5.10. The van der Waals surface area contributed by atoms with Gasteiger partial charge < -0.3 is 5.11 Å². The Morgan fingerprint density at radius 1 is 0.793 bits per heavy atom. The molecule has 0 amide bonds. The molecule has 0 aromatic carbocycles. The van der Waals surface area contributed by atoms with Gasteiger partial charge in [0.2, 0.25) is 0 Å². The first-order chi connectivity index (χ1) is 13.7.